The third-order valence-electron chi connectivity index (χ3n) is 5.40. The second-order valence-electron chi connectivity index (χ2n) is 8.07. The fraction of sp³-hybridized carbons (Fsp3) is 0.0625. The summed E-state index contributed by atoms with van der Waals surface area (Å²) < 4.78 is 0. The molecule has 4 aromatic rings. The minimum atomic E-state index is 1.07. The molecule has 2 nitrogen and oxygen atoms in total. The Morgan fingerprint density at radius 1 is 0.706 bits per heavy atom. The van der Waals surface area contributed by atoms with Crippen molar-refractivity contribution in [2.24, 2.45) is 0 Å². The first-order valence-electron chi connectivity index (χ1n) is 11.6. The Labute approximate surface area is 203 Å². The quantitative estimate of drug-likeness (QED) is 0.274. The van der Waals surface area contributed by atoms with Crippen molar-refractivity contribution in [3.63, 3.8) is 0 Å². The summed E-state index contributed by atoms with van der Waals surface area (Å²) in [5.41, 5.74) is 7.90. The SMILES string of the molecule is C\C=C/C(=C\C=C\c1ccc(Nc2ccccc2)cc1)N(c1ccccc1)c1cccc(C)c1. The summed E-state index contributed by atoms with van der Waals surface area (Å²) in [6.45, 7) is 4.18. The zero-order valence-corrected chi connectivity index (χ0v) is 19.7. The van der Waals surface area contributed by atoms with Crippen LogP contribution in [0.3, 0.4) is 0 Å². The van der Waals surface area contributed by atoms with E-state index in [-0.39, 0.29) is 0 Å². The van der Waals surface area contributed by atoms with Crippen LogP contribution in [0.4, 0.5) is 22.7 Å². The topological polar surface area (TPSA) is 15.3 Å². The number of benzene rings is 4. The predicted octanol–water partition coefficient (Wildman–Crippen LogP) is 9.05. The lowest BCUT2D eigenvalue weighted by Crippen LogP contribution is -2.15. The van der Waals surface area contributed by atoms with Gasteiger partial charge in [-0.2, -0.15) is 0 Å². The van der Waals surface area contributed by atoms with E-state index in [1.165, 1.54) is 5.56 Å². The second kappa shape index (κ2) is 11.5. The average Bonchev–Trinajstić information content (AvgIpc) is 2.87. The summed E-state index contributed by atoms with van der Waals surface area (Å²) in [5, 5.41) is 3.43. The van der Waals surface area contributed by atoms with Crippen LogP contribution in [0, 0.1) is 6.92 Å². The normalized spacial score (nSPS) is 11.8. The molecule has 0 aromatic heterocycles. The number of rotatable bonds is 8. The van der Waals surface area contributed by atoms with E-state index in [1.54, 1.807) is 0 Å². The van der Waals surface area contributed by atoms with Gasteiger partial charge in [0.2, 0.25) is 0 Å². The molecule has 0 spiro atoms. The summed E-state index contributed by atoms with van der Waals surface area (Å²) in [4.78, 5) is 2.28. The number of hydrogen-bond acceptors (Lipinski definition) is 2. The first-order chi connectivity index (χ1) is 16.7. The molecule has 34 heavy (non-hydrogen) atoms. The van der Waals surface area contributed by atoms with Gasteiger partial charge >= 0.3 is 0 Å². The molecular weight excluding hydrogens is 412 g/mol. The van der Waals surface area contributed by atoms with Crippen LogP contribution in [-0.2, 0) is 0 Å². The fourth-order valence-electron chi connectivity index (χ4n) is 3.79. The molecule has 0 heterocycles. The van der Waals surface area contributed by atoms with Crippen LogP contribution in [0.25, 0.3) is 6.08 Å². The fourth-order valence-corrected chi connectivity index (χ4v) is 3.79. The molecule has 0 unspecified atom stereocenters. The third kappa shape index (κ3) is 6.14. The zero-order valence-electron chi connectivity index (χ0n) is 19.7. The largest absolute Gasteiger partial charge is 0.356 e. The summed E-state index contributed by atoms with van der Waals surface area (Å²) in [7, 11) is 0. The molecule has 0 saturated carbocycles. The molecule has 0 aliphatic rings. The van der Waals surface area contributed by atoms with Crippen LogP contribution in [-0.4, -0.2) is 0 Å². The molecule has 2 heteroatoms. The molecule has 0 aliphatic heterocycles. The van der Waals surface area contributed by atoms with Gasteiger partial charge in [0, 0.05) is 28.4 Å². The van der Waals surface area contributed by atoms with E-state index in [0.717, 1.165) is 34.0 Å². The summed E-state index contributed by atoms with van der Waals surface area (Å²) in [6, 6.07) is 37.7. The van der Waals surface area contributed by atoms with Gasteiger partial charge in [0.15, 0.2) is 0 Å². The third-order valence-corrected chi connectivity index (χ3v) is 5.40. The lowest BCUT2D eigenvalue weighted by atomic mass is 10.1. The average molecular weight is 443 g/mol. The molecule has 0 bridgehead atoms. The number of nitrogens with zero attached hydrogens (tertiary/aromatic N) is 1. The van der Waals surface area contributed by atoms with Gasteiger partial charge in [0.05, 0.1) is 0 Å². The van der Waals surface area contributed by atoms with Crippen LogP contribution >= 0.6 is 0 Å². The van der Waals surface area contributed by atoms with Gasteiger partial charge in [-0.1, -0.05) is 78.9 Å². The van der Waals surface area contributed by atoms with Crippen molar-refractivity contribution in [2.75, 3.05) is 10.2 Å². The Kier molecular flexibility index (Phi) is 7.76. The number of para-hydroxylation sites is 2. The molecule has 4 rings (SSSR count). The van der Waals surface area contributed by atoms with E-state index < -0.39 is 0 Å². The van der Waals surface area contributed by atoms with Crippen molar-refractivity contribution in [2.45, 2.75) is 13.8 Å². The van der Waals surface area contributed by atoms with E-state index >= 15 is 0 Å². The molecule has 0 atom stereocenters. The van der Waals surface area contributed by atoms with Crippen LogP contribution in [0.5, 0.6) is 0 Å². The number of allylic oxidation sites excluding steroid dienone is 4. The van der Waals surface area contributed by atoms with Crippen LogP contribution in [0.1, 0.15) is 18.1 Å². The van der Waals surface area contributed by atoms with Gasteiger partial charge in [-0.15, -0.1) is 0 Å². The van der Waals surface area contributed by atoms with Crippen LogP contribution < -0.4 is 10.2 Å². The van der Waals surface area contributed by atoms with Crippen LogP contribution in [0.15, 0.2) is 139 Å². The standard InChI is InChI=1S/C32H30N2/c1-3-12-30(34(31-17-8-5-9-18-31)32-20-10-13-26(2)25-32)19-11-14-27-21-23-29(24-22-27)33-28-15-6-4-7-16-28/h3-25,33H,1-2H3/b12-3-,14-11+,30-19+. The molecule has 0 saturated heterocycles. The highest BCUT2D eigenvalue weighted by Gasteiger charge is 2.12. The highest BCUT2D eigenvalue weighted by molar-refractivity contribution is 5.71. The van der Waals surface area contributed by atoms with Crippen molar-refractivity contribution in [3.05, 3.63) is 150 Å². The maximum absolute atomic E-state index is 3.43. The minimum Gasteiger partial charge on any atom is -0.356 e. The molecular formula is C32H30N2. The maximum Gasteiger partial charge on any atom is 0.0464 e. The molecule has 0 fully saturated rings. The van der Waals surface area contributed by atoms with E-state index in [2.05, 4.69) is 139 Å². The van der Waals surface area contributed by atoms with Gasteiger partial charge in [0.1, 0.15) is 0 Å². The number of hydrogen-bond donors (Lipinski definition) is 1. The Morgan fingerprint density at radius 3 is 2.03 bits per heavy atom. The van der Waals surface area contributed by atoms with Gasteiger partial charge in [-0.25, -0.2) is 0 Å². The Balaban J connectivity index is 1.59. The number of anilines is 4. The minimum absolute atomic E-state index is 1.07. The molecule has 0 radical (unpaired) electrons. The molecule has 0 aliphatic carbocycles. The van der Waals surface area contributed by atoms with E-state index in [4.69, 9.17) is 0 Å². The number of nitrogens with one attached hydrogen (secondary N) is 1. The smallest absolute Gasteiger partial charge is 0.0464 e. The molecule has 1 N–H and O–H groups in total. The highest BCUT2D eigenvalue weighted by atomic mass is 15.1. The zero-order chi connectivity index (χ0) is 23.6. The maximum atomic E-state index is 3.43. The van der Waals surface area contributed by atoms with Gasteiger partial charge in [-0.05, 0) is 85.7 Å². The Hall–Kier alpha value is -4.30. The van der Waals surface area contributed by atoms with Crippen molar-refractivity contribution in [1.29, 1.82) is 0 Å². The van der Waals surface area contributed by atoms with Crippen molar-refractivity contribution in [3.8, 4) is 0 Å². The van der Waals surface area contributed by atoms with Gasteiger partial charge in [-0.3, -0.25) is 0 Å². The summed E-state index contributed by atoms with van der Waals surface area (Å²) in [5.74, 6) is 0. The predicted molar refractivity (Wildman–Crippen MR) is 148 cm³/mol. The Bertz CT molecular complexity index is 1270. The van der Waals surface area contributed by atoms with Crippen LogP contribution in [0.2, 0.25) is 0 Å². The Morgan fingerprint density at radius 2 is 1.35 bits per heavy atom. The first-order valence-corrected chi connectivity index (χ1v) is 11.6. The lowest BCUT2D eigenvalue weighted by Gasteiger charge is -2.26. The highest BCUT2D eigenvalue weighted by Crippen LogP contribution is 2.31. The van der Waals surface area contributed by atoms with E-state index in [0.29, 0.717) is 0 Å². The summed E-state index contributed by atoms with van der Waals surface area (Å²) in [6.07, 6.45) is 10.6. The van der Waals surface area contributed by atoms with Crippen molar-refractivity contribution >= 4 is 28.8 Å². The number of aryl methyl sites for hydroxylation is 1. The second-order valence-corrected chi connectivity index (χ2v) is 8.07. The van der Waals surface area contributed by atoms with E-state index in [1.807, 2.05) is 24.3 Å². The van der Waals surface area contributed by atoms with Gasteiger partial charge in [0.25, 0.3) is 0 Å². The lowest BCUT2D eigenvalue weighted by molar-refractivity contribution is 1.20. The van der Waals surface area contributed by atoms with Crippen molar-refractivity contribution in [1.82, 2.24) is 0 Å². The monoisotopic (exact) mass is 442 g/mol. The first kappa shape index (κ1) is 22.9. The van der Waals surface area contributed by atoms with Gasteiger partial charge < -0.3 is 10.2 Å². The molecule has 4 aromatic carbocycles. The van der Waals surface area contributed by atoms with Crippen molar-refractivity contribution < 1.29 is 0 Å². The van der Waals surface area contributed by atoms with E-state index in [9.17, 15) is 0 Å². The summed E-state index contributed by atoms with van der Waals surface area (Å²) >= 11 is 0. The molecule has 168 valence electrons. The molecule has 0 amide bonds.